The molecule has 0 bridgehead atoms. The summed E-state index contributed by atoms with van der Waals surface area (Å²) < 4.78 is 7.34. The summed E-state index contributed by atoms with van der Waals surface area (Å²) in [4.78, 5) is 41.6. The van der Waals surface area contributed by atoms with Crippen molar-refractivity contribution in [1.82, 2.24) is 20.0 Å². The van der Waals surface area contributed by atoms with E-state index in [1.54, 1.807) is 25.8 Å². The van der Waals surface area contributed by atoms with Gasteiger partial charge in [0, 0.05) is 25.7 Å². The van der Waals surface area contributed by atoms with Gasteiger partial charge in [-0.25, -0.2) is 0 Å². The number of aryl methyl sites for hydroxylation is 1. The zero-order valence-electron chi connectivity index (χ0n) is 21.6. The Morgan fingerprint density at radius 1 is 1.11 bits per heavy atom. The van der Waals surface area contributed by atoms with E-state index >= 15 is 0 Å². The fourth-order valence-electron chi connectivity index (χ4n) is 4.60. The number of H-pyrrole nitrogens is 1. The van der Waals surface area contributed by atoms with Gasteiger partial charge in [0.2, 0.25) is 11.8 Å². The Bertz CT molecular complexity index is 1280. The summed E-state index contributed by atoms with van der Waals surface area (Å²) in [6.07, 6.45) is 0.983. The molecule has 37 heavy (non-hydrogen) atoms. The number of ether oxygens (including phenoxy) is 1. The highest BCUT2D eigenvalue weighted by atomic mass is 16.5. The Balaban J connectivity index is 1.62. The molecule has 9 heteroatoms. The largest absolute Gasteiger partial charge is 0.374 e. The first-order chi connectivity index (χ1) is 17.6. The predicted molar refractivity (Wildman–Crippen MR) is 141 cm³/mol. The Morgan fingerprint density at radius 3 is 2.35 bits per heavy atom. The average molecular weight is 506 g/mol. The molecule has 9 nitrogen and oxygen atoms in total. The van der Waals surface area contributed by atoms with Gasteiger partial charge in [-0.15, -0.1) is 0 Å². The average Bonchev–Trinajstić information content (AvgIpc) is 3.17. The van der Waals surface area contributed by atoms with E-state index in [4.69, 9.17) is 10.5 Å². The maximum absolute atomic E-state index is 14.0. The first-order valence-corrected chi connectivity index (χ1v) is 12.5. The number of aromatic amines is 1. The molecule has 0 spiro atoms. The van der Waals surface area contributed by atoms with Gasteiger partial charge >= 0.3 is 0 Å². The van der Waals surface area contributed by atoms with Crippen LogP contribution in [0, 0.1) is 0 Å². The van der Waals surface area contributed by atoms with Crippen LogP contribution in [0.4, 0.5) is 0 Å². The second-order valence-corrected chi connectivity index (χ2v) is 10.1. The Labute approximate surface area is 216 Å². The molecule has 0 saturated heterocycles. The lowest BCUT2D eigenvalue weighted by Crippen LogP contribution is -2.59. The minimum Gasteiger partial charge on any atom is -0.374 e. The highest BCUT2D eigenvalue weighted by Crippen LogP contribution is 2.30. The molecule has 196 valence electrons. The number of nitrogens with two attached hydrogens (primary N) is 1. The van der Waals surface area contributed by atoms with Crippen molar-refractivity contribution in [3.8, 4) is 0 Å². The molecule has 0 unspecified atom stereocenters. The number of nitrogens with zero attached hydrogens (tertiary/aromatic N) is 2. The monoisotopic (exact) mass is 505 g/mol. The van der Waals surface area contributed by atoms with Crippen LogP contribution in [0.2, 0.25) is 0 Å². The van der Waals surface area contributed by atoms with Gasteiger partial charge in [-0.05, 0) is 31.4 Å². The highest BCUT2D eigenvalue weighted by Gasteiger charge is 2.39. The van der Waals surface area contributed by atoms with Crippen molar-refractivity contribution >= 4 is 11.8 Å². The van der Waals surface area contributed by atoms with Crippen LogP contribution in [-0.4, -0.2) is 51.2 Å². The molecule has 4 rings (SSSR count). The number of carbonyl (C=O) groups excluding carboxylic acids is 2. The summed E-state index contributed by atoms with van der Waals surface area (Å²) in [7, 11) is 1.68. The molecule has 2 amide bonds. The summed E-state index contributed by atoms with van der Waals surface area (Å²) >= 11 is 0. The molecule has 1 aliphatic rings. The number of nitrogens with one attached hydrogen (secondary N) is 2. The summed E-state index contributed by atoms with van der Waals surface area (Å²) in [6, 6.07) is 17.9. The normalized spacial score (nSPS) is 16.2. The number of rotatable bonds is 9. The number of amides is 2. The standard InChI is InChI=1S/C28H35N5O4/c1-28(2,29)27(36)30-22(18-37-17-20-12-8-5-9-13-20)25(34)33-15-14-21-24(26(35)32(3)31-21)23(33)16-19-10-6-4-7-11-19/h4-13,22-23,31H,14-18,29H2,1-3H3,(H,30,36)/t22-,23-/m1/s1. The number of fused-ring (bicyclic) bond motifs is 1. The summed E-state index contributed by atoms with van der Waals surface area (Å²) in [5, 5.41) is 5.93. The van der Waals surface area contributed by atoms with Crippen LogP contribution in [0.15, 0.2) is 65.5 Å². The first kappa shape index (κ1) is 26.4. The number of carbonyl (C=O) groups is 2. The lowest BCUT2D eigenvalue weighted by molar-refractivity contribution is -0.141. The lowest BCUT2D eigenvalue weighted by Gasteiger charge is -2.38. The van der Waals surface area contributed by atoms with Crippen molar-refractivity contribution in [3.05, 3.63) is 93.4 Å². The highest BCUT2D eigenvalue weighted by molar-refractivity contribution is 5.91. The van der Waals surface area contributed by atoms with Crippen molar-refractivity contribution in [2.45, 2.75) is 50.9 Å². The van der Waals surface area contributed by atoms with Gasteiger partial charge < -0.3 is 20.7 Å². The van der Waals surface area contributed by atoms with E-state index in [0.717, 1.165) is 16.8 Å². The molecule has 2 atom stereocenters. The van der Waals surface area contributed by atoms with Crippen LogP contribution in [0.3, 0.4) is 0 Å². The first-order valence-electron chi connectivity index (χ1n) is 12.5. The predicted octanol–water partition coefficient (Wildman–Crippen LogP) is 1.82. The van der Waals surface area contributed by atoms with E-state index in [0.29, 0.717) is 31.6 Å². The molecular weight excluding hydrogens is 470 g/mol. The molecule has 2 aromatic carbocycles. The van der Waals surface area contributed by atoms with Crippen LogP contribution in [0.1, 0.15) is 42.3 Å². The summed E-state index contributed by atoms with van der Waals surface area (Å²) in [6.45, 7) is 3.85. The second kappa shape index (κ2) is 11.1. The SMILES string of the molecule is Cn1[nH]c2c(c1=O)[C@@H](Cc1ccccc1)N(C(=O)[C@@H](COCc1ccccc1)NC(=O)C(C)(C)N)CC2. The van der Waals surface area contributed by atoms with Gasteiger partial charge in [-0.2, -0.15) is 0 Å². The van der Waals surface area contributed by atoms with Gasteiger partial charge in [-0.3, -0.25) is 24.2 Å². The van der Waals surface area contributed by atoms with Crippen LogP contribution in [0.5, 0.6) is 0 Å². The Hall–Kier alpha value is -3.69. The van der Waals surface area contributed by atoms with E-state index < -0.39 is 23.5 Å². The van der Waals surface area contributed by atoms with Crippen molar-refractivity contribution < 1.29 is 14.3 Å². The fraction of sp³-hybridized carbons (Fsp3) is 0.393. The number of hydrogen-bond donors (Lipinski definition) is 3. The van der Waals surface area contributed by atoms with E-state index in [1.807, 2.05) is 60.7 Å². The molecule has 0 fully saturated rings. The van der Waals surface area contributed by atoms with Crippen LogP contribution < -0.4 is 16.6 Å². The quantitative estimate of drug-likeness (QED) is 0.410. The van der Waals surface area contributed by atoms with Crippen molar-refractivity contribution in [3.63, 3.8) is 0 Å². The third-order valence-corrected chi connectivity index (χ3v) is 6.61. The van der Waals surface area contributed by atoms with Crippen LogP contribution in [0.25, 0.3) is 0 Å². The van der Waals surface area contributed by atoms with Crippen molar-refractivity contribution in [1.29, 1.82) is 0 Å². The minimum atomic E-state index is -1.17. The molecule has 2 heterocycles. The van der Waals surface area contributed by atoms with E-state index in [-0.39, 0.29) is 18.1 Å². The van der Waals surface area contributed by atoms with Gasteiger partial charge in [0.15, 0.2) is 0 Å². The van der Waals surface area contributed by atoms with Crippen LogP contribution in [-0.2, 0) is 40.8 Å². The third kappa shape index (κ3) is 6.18. The molecule has 1 aliphatic heterocycles. The van der Waals surface area contributed by atoms with Crippen molar-refractivity contribution in [2.75, 3.05) is 13.2 Å². The molecule has 4 N–H and O–H groups in total. The molecule has 3 aromatic rings. The second-order valence-electron chi connectivity index (χ2n) is 10.1. The van der Waals surface area contributed by atoms with Gasteiger partial charge in [-0.1, -0.05) is 60.7 Å². The number of aromatic nitrogens is 2. The molecule has 0 aliphatic carbocycles. The number of benzene rings is 2. The van der Waals surface area contributed by atoms with E-state index in [1.165, 1.54) is 4.68 Å². The maximum atomic E-state index is 14.0. The lowest BCUT2D eigenvalue weighted by atomic mass is 9.92. The maximum Gasteiger partial charge on any atom is 0.271 e. The zero-order chi connectivity index (χ0) is 26.6. The summed E-state index contributed by atoms with van der Waals surface area (Å²) in [5.41, 5.74) is 8.07. The zero-order valence-corrected chi connectivity index (χ0v) is 21.6. The van der Waals surface area contributed by atoms with Crippen LogP contribution >= 0.6 is 0 Å². The number of hydrogen-bond acceptors (Lipinski definition) is 5. The van der Waals surface area contributed by atoms with Gasteiger partial charge in [0.05, 0.1) is 30.4 Å². The Morgan fingerprint density at radius 2 is 1.73 bits per heavy atom. The fourth-order valence-corrected chi connectivity index (χ4v) is 4.60. The molecule has 0 radical (unpaired) electrons. The topological polar surface area (TPSA) is 122 Å². The molecule has 1 aromatic heterocycles. The van der Waals surface area contributed by atoms with E-state index in [2.05, 4.69) is 10.4 Å². The summed E-state index contributed by atoms with van der Waals surface area (Å²) in [5.74, 6) is -0.760. The smallest absolute Gasteiger partial charge is 0.271 e. The van der Waals surface area contributed by atoms with Gasteiger partial charge in [0.1, 0.15) is 6.04 Å². The van der Waals surface area contributed by atoms with E-state index in [9.17, 15) is 14.4 Å². The Kier molecular flexibility index (Phi) is 7.94. The molecule has 0 saturated carbocycles. The minimum absolute atomic E-state index is 0.0257. The van der Waals surface area contributed by atoms with Gasteiger partial charge in [0.25, 0.3) is 5.56 Å². The van der Waals surface area contributed by atoms with Crippen molar-refractivity contribution in [2.24, 2.45) is 12.8 Å². The third-order valence-electron chi connectivity index (χ3n) is 6.61. The molecular formula is C28H35N5O4.